The number of hydrogen-bond acceptors (Lipinski definition) is 4. The van der Waals surface area contributed by atoms with E-state index in [9.17, 15) is 0 Å². The van der Waals surface area contributed by atoms with Gasteiger partial charge in [-0.1, -0.05) is 12.1 Å². The molecule has 0 aliphatic carbocycles. The minimum Gasteiger partial charge on any atom is -0.456 e. The van der Waals surface area contributed by atoms with Gasteiger partial charge in [0, 0.05) is 23.5 Å². The molecule has 3 rings (SSSR count). The molecule has 0 unspecified atom stereocenters. The van der Waals surface area contributed by atoms with Gasteiger partial charge in [-0.3, -0.25) is 4.98 Å². The zero-order valence-electron chi connectivity index (χ0n) is 9.88. The third-order valence-corrected chi connectivity index (χ3v) is 3.50. The van der Waals surface area contributed by atoms with E-state index < -0.39 is 0 Å². The molecular weight excluding hydrogens is 244 g/mol. The third kappa shape index (κ3) is 2.07. The standard InChI is InChI=1S/C14H12N2OS/c1-10-6-7-12(14-11(10)4-2-8-15-14)16-18-13-5-3-9-17-13/h2-9,16H,1H3. The Balaban J connectivity index is 1.94. The molecule has 0 atom stereocenters. The fourth-order valence-corrected chi connectivity index (χ4v) is 2.45. The van der Waals surface area contributed by atoms with E-state index in [2.05, 4.69) is 28.8 Å². The second-order valence-corrected chi connectivity index (χ2v) is 4.78. The van der Waals surface area contributed by atoms with Crippen LogP contribution in [0.1, 0.15) is 5.56 Å². The van der Waals surface area contributed by atoms with E-state index in [0.717, 1.165) is 16.3 Å². The maximum absolute atomic E-state index is 5.27. The van der Waals surface area contributed by atoms with E-state index >= 15 is 0 Å². The first kappa shape index (κ1) is 11.2. The molecule has 0 saturated heterocycles. The summed E-state index contributed by atoms with van der Waals surface area (Å²) in [5.41, 5.74) is 3.21. The lowest BCUT2D eigenvalue weighted by Crippen LogP contribution is -1.91. The summed E-state index contributed by atoms with van der Waals surface area (Å²) in [7, 11) is 0. The van der Waals surface area contributed by atoms with Gasteiger partial charge in [-0.2, -0.15) is 0 Å². The van der Waals surface area contributed by atoms with Gasteiger partial charge in [0.25, 0.3) is 0 Å². The Bertz CT molecular complexity index is 665. The molecule has 0 aliphatic rings. The molecule has 4 heteroatoms. The smallest absolute Gasteiger partial charge is 0.180 e. The number of nitrogens with one attached hydrogen (secondary N) is 1. The van der Waals surface area contributed by atoms with Gasteiger partial charge >= 0.3 is 0 Å². The molecular formula is C14H12N2OS. The van der Waals surface area contributed by atoms with Crippen molar-refractivity contribution in [1.29, 1.82) is 0 Å². The highest BCUT2D eigenvalue weighted by Gasteiger charge is 2.05. The summed E-state index contributed by atoms with van der Waals surface area (Å²) in [6, 6.07) is 12.0. The summed E-state index contributed by atoms with van der Waals surface area (Å²) in [4.78, 5) is 4.44. The van der Waals surface area contributed by atoms with Crippen molar-refractivity contribution in [3.63, 3.8) is 0 Å². The SMILES string of the molecule is Cc1ccc(NSc2ccco2)c2ncccc12. The van der Waals surface area contributed by atoms with Gasteiger partial charge in [-0.25, -0.2) is 0 Å². The molecule has 2 heterocycles. The molecule has 18 heavy (non-hydrogen) atoms. The van der Waals surface area contributed by atoms with E-state index in [0.29, 0.717) is 0 Å². The largest absolute Gasteiger partial charge is 0.456 e. The average molecular weight is 256 g/mol. The van der Waals surface area contributed by atoms with Gasteiger partial charge in [0.1, 0.15) is 0 Å². The van der Waals surface area contributed by atoms with Crippen LogP contribution in [-0.2, 0) is 0 Å². The quantitative estimate of drug-likeness (QED) is 0.711. The summed E-state index contributed by atoms with van der Waals surface area (Å²) >= 11 is 1.44. The summed E-state index contributed by atoms with van der Waals surface area (Å²) in [6.45, 7) is 2.09. The molecule has 0 saturated carbocycles. The molecule has 3 aromatic rings. The van der Waals surface area contributed by atoms with E-state index in [1.54, 1.807) is 6.26 Å². The van der Waals surface area contributed by atoms with Crippen LogP contribution in [0.2, 0.25) is 0 Å². The number of pyridine rings is 1. The maximum atomic E-state index is 5.27. The summed E-state index contributed by atoms with van der Waals surface area (Å²) in [5.74, 6) is 0. The maximum Gasteiger partial charge on any atom is 0.180 e. The lowest BCUT2D eigenvalue weighted by molar-refractivity contribution is 0.475. The van der Waals surface area contributed by atoms with Gasteiger partial charge < -0.3 is 9.14 Å². The first-order valence-corrected chi connectivity index (χ1v) is 6.47. The van der Waals surface area contributed by atoms with Crippen molar-refractivity contribution in [1.82, 2.24) is 4.98 Å². The van der Waals surface area contributed by atoms with Crippen molar-refractivity contribution in [2.45, 2.75) is 12.0 Å². The first-order valence-electron chi connectivity index (χ1n) is 5.65. The number of furan rings is 1. The zero-order valence-corrected chi connectivity index (χ0v) is 10.7. The van der Waals surface area contributed by atoms with Crippen LogP contribution >= 0.6 is 11.9 Å². The van der Waals surface area contributed by atoms with Crippen molar-refractivity contribution in [2.75, 3.05) is 4.72 Å². The van der Waals surface area contributed by atoms with Gasteiger partial charge in [0.05, 0.1) is 17.5 Å². The molecule has 2 aromatic heterocycles. The van der Waals surface area contributed by atoms with E-state index in [4.69, 9.17) is 4.42 Å². The molecule has 1 N–H and O–H groups in total. The van der Waals surface area contributed by atoms with Crippen LogP contribution in [0.25, 0.3) is 10.9 Å². The minimum absolute atomic E-state index is 0.833. The van der Waals surface area contributed by atoms with Crippen molar-refractivity contribution >= 4 is 28.5 Å². The number of nitrogens with zero attached hydrogens (tertiary/aromatic N) is 1. The predicted molar refractivity (Wildman–Crippen MR) is 74.7 cm³/mol. The third-order valence-electron chi connectivity index (χ3n) is 2.74. The average Bonchev–Trinajstić information content (AvgIpc) is 2.92. The Morgan fingerprint density at radius 3 is 2.94 bits per heavy atom. The molecule has 0 radical (unpaired) electrons. The van der Waals surface area contributed by atoms with Crippen molar-refractivity contribution in [3.05, 3.63) is 54.4 Å². The minimum atomic E-state index is 0.833. The van der Waals surface area contributed by atoms with Crippen LogP contribution in [0.15, 0.2) is 58.4 Å². The summed E-state index contributed by atoms with van der Waals surface area (Å²) in [5, 5.41) is 2.00. The van der Waals surface area contributed by atoms with Crippen molar-refractivity contribution < 1.29 is 4.42 Å². The molecule has 90 valence electrons. The molecule has 0 bridgehead atoms. The van der Waals surface area contributed by atoms with Gasteiger partial charge in [-0.15, -0.1) is 0 Å². The zero-order chi connectivity index (χ0) is 12.4. The van der Waals surface area contributed by atoms with E-state index in [1.165, 1.54) is 22.9 Å². The molecule has 1 aromatic carbocycles. The van der Waals surface area contributed by atoms with Crippen LogP contribution in [0.4, 0.5) is 5.69 Å². The second kappa shape index (κ2) is 4.74. The normalized spacial score (nSPS) is 10.7. The molecule has 0 amide bonds. The number of aromatic nitrogens is 1. The lowest BCUT2D eigenvalue weighted by Gasteiger charge is -2.08. The Labute approximate surface area is 109 Å². The van der Waals surface area contributed by atoms with E-state index in [-0.39, 0.29) is 0 Å². The summed E-state index contributed by atoms with van der Waals surface area (Å²) < 4.78 is 8.55. The number of anilines is 1. The first-order chi connectivity index (χ1) is 8.84. The Morgan fingerprint density at radius 2 is 2.11 bits per heavy atom. The van der Waals surface area contributed by atoms with Gasteiger partial charge in [-0.05, 0) is 36.8 Å². The molecule has 3 nitrogen and oxygen atoms in total. The van der Waals surface area contributed by atoms with Crippen LogP contribution in [0, 0.1) is 6.92 Å². The molecule has 0 spiro atoms. The monoisotopic (exact) mass is 256 g/mol. The molecule has 0 aliphatic heterocycles. The van der Waals surface area contributed by atoms with Crippen molar-refractivity contribution in [2.24, 2.45) is 0 Å². The number of rotatable bonds is 3. The van der Waals surface area contributed by atoms with Crippen LogP contribution in [0.5, 0.6) is 0 Å². The number of fused-ring (bicyclic) bond motifs is 1. The number of benzene rings is 1. The lowest BCUT2D eigenvalue weighted by atomic mass is 10.1. The topological polar surface area (TPSA) is 38.1 Å². The predicted octanol–water partition coefficient (Wildman–Crippen LogP) is 4.26. The Morgan fingerprint density at radius 1 is 1.17 bits per heavy atom. The van der Waals surface area contributed by atoms with Crippen LogP contribution in [0.3, 0.4) is 0 Å². The van der Waals surface area contributed by atoms with Gasteiger partial charge in [0.2, 0.25) is 0 Å². The number of aryl methyl sites for hydroxylation is 1. The van der Waals surface area contributed by atoms with Crippen molar-refractivity contribution in [3.8, 4) is 0 Å². The van der Waals surface area contributed by atoms with Crippen LogP contribution in [-0.4, -0.2) is 4.98 Å². The highest BCUT2D eigenvalue weighted by molar-refractivity contribution is 8.00. The highest BCUT2D eigenvalue weighted by Crippen LogP contribution is 2.28. The highest BCUT2D eigenvalue weighted by atomic mass is 32.2. The van der Waals surface area contributed by atoms with Crippen LogP contribution < -0.4 is 4.72 Å². The van der Waals surface area contributed by atoms with E-state index in [1.807, 2.05) is 30.5 Å². The number of hydrogen-bond donors (Lipinski definition) is 1. The van der Waals surface area contributed by atoms with Gasteiger partial charge in [0.15, 0.2) is 5.09 Å². The Kier molecular flexibility index (Phi) is 2.94. The second-order valence-electron chi connectivity index (χ2n) is 3.97. The fourth-order valence-electron chi connectivity index (χ4n) is 1.82. The summed E-state index contributed by atoms with van der Waals surface area (Å²) in [6.07, 6.45) is 3.47. The Hall–Kier alpha value is -1.94. The molecule has 0 fully saturated rings. The fraction of sp³-hybridized carbons (Fsp3) is 0.0714.